The van der Waals surface area contributed by atoms with Crippen LogP contribution in [0.4, 0.5) is 9.93 Å². The molecule has 0 fully saturated rings. The van der Waals surface area contributed by atoms with Crippen LogP contribution in [-0.4, -0.2) is 17.6 Å². The Kier molecular flexibility index (Phi) is 3.28. The summed E-state index contributed by atoms with van der Waals surface area (Å²) in [7, 11) is 0. The number of rotatable bonds is 3. The van der Waals surface area contributed by atoms with E-state index in [0.717, 1.165) is 0 Å². The molecule has 1 heterocycles. The molecule has 0 aliphatic rings. The average Bonchev–Trinajstić information content (AvgIpc) is 2.53. The number of nitrogens with zero attached hydrogens (tertiary/aromatic N) is 1. The molecule has 12 heavy (non-hydrogen) atoms. The molecule has 0 saturated heterocycles. The SMILES string of the molecule is C=CCNC(=O)Nc1nccs1. The zero-order valence-electron chi connectivity index (χ0n) is 6.41. The maximum atomic E-state index is 11.0. The van der Waals surface area contributed by atoms with Gasteiger partial charge in [-0.1, -0.05) is 6.08 Å². The summed E-state index contributed by atoms with van der Waals surface area (Å²) in [6, 6.07) is -0.259. The van der Waals surface area contributed by atoms with Crippen molar-refractivity contribution in [2.24, 2.45) is 0 Å². The van der Waals surface area contributed by atoms with Crippen molar-refractivity contribution in [3.63, 3.8) is 0 Å². The summed E-state index contributed by atoms with van der Waals surface area (Å²) in [5, 5.41) is 7.52. The van der Waals surface area contributed by atoms with E-state index >= 15 is 0 Å². The Labute approximate surface area is 74.3 Å². The molecular formula is C7H9N3OS. The molecule has 64 valence electrons. The van der Waals surface area contributed by atoms with Gasteiger partial charge < -0.3 is 5.32 Å². The van der Waals surface area contributed by atoms with Gasteiger partial charge in [0.05, 0.1) is 0 Å². The molecular weight excluding hydrogens is 174 g/mol. The fourth-order valence-corrected chi connectivity index (χ4v) is 1.12. The van der Waals surface area contributed by atoms with Gasteiger partial charge in [0.25, 0.3) is 0 Å². The highest BCUT2D eigenvalue weighted by molar-refractivity contribution is 7.13. The Morgan fingerprint density at radius 1 is 1.83 bits per heavy atom. The lowest BCUT2D eigenvalue weighted by atomic mass is 10.6. The first-order valence-corrected chi connectivity index (χ1v) is 4.26. The van der Waals surface area contributed by atoms with Crippen molar-refractivity contribution in [2.75, 3.05) is 11.9 Å². The van der Waals surface area contributed by atoms with Crippen LogP contribution in [0.15, 0.2) is 24.2 Å². The van der Waals surface area contributed by atoms with Gasteiger partial charge >= 0.3 is 6.03 Å². The maximum absolute atomic E-state index is 11.0. The number of amides is 2. The molecule has 0 spiro atoms. The van der Waals surface area contributed by atoms with Gasteiger partial charge in [-0.05, 0) is 0 Å². The Morgan fingerprint density at radius 2 is 2.67 bits per heavy atom. The third-order valence-electron chi connectivity index (χ3n) is 1.06. The van der Waals surface area contributed by atoms with Gasteiger partial charge in [-0.25, -0.2) is 9.78 Å². The lowest BCUT2D eigenvalue weighted by Gasteiger charge is -2.00. The van der Waals surface area contributed by atoms with Gasteiger partial charge in [0.15, 0.2) is 5.13 Å². The summed E-state index contributed by atoms with van der Waals surface area (Å²) in [6.07, 6.45) is 3.25. The monoisotopic (exact) mass is 183 g/mol. The Balaban J connectivity index is 2.32. The molecule has 1 aromatic rings. The van der Waals surface area contributed by atoms with E-state index in [4.69, 9.17) is 0 Å². The number of carbonyl (C=O) groups excluding carboxylic acids is 1. The number of carbonyl (C=O) groups is 1. The second-order valence-electron chi connectivity index (χ2n) is 1.96. The summed E-state index contributed by atoms with van der Waals surface area (Å²) in [5.74, 6) is 0. The molecule has 2 amide bonds. The molecule has 1 aromatic heterocycles. The first-order valence-electron chi connectivity index (χ1n) is 3.38. The van der Waals surface area contributed by atoms with E-state index in [1.807, 2.05) is 0 Å². The van der Waals surface area contributed by atoms with Crippen molar-refractivity contribution in [3.8, 4) is 0 Å². The van der Waals surface area contributed by atoms with Gasteiger partial charge in [-0.2, -0.15) is 0 Å². The van der Waals surface area contributed by atoms with E-state index in [-0.39, 0.29) is 6.03 Å². The van der Waals surface area contributed by atoms with Crippen LogP contribution in [0.3, 0.4) is 0 Å². The number of urea groups is 1. The first-order chi connectivity index (χ1) is 5.83. The molecule has 0 atom stereocenters. The number of hydrogen-bond acceptors (Lipinski definition) is 3. The third-order valence-corrected chi connectivity index (χ3v) is 1.75. The third kappa shape index (κ3) is 2.71. The minimum Gasteiger partial charge on any atom is -0.334 e. The van der Waals surface area contributed by atoms with E-state index in [9.17, 15) is 4.79 Å². The highest BCUT2D eigenvalue weighted by Crippen LogP contribution is 2.09. The summed E-state index contributed by atoms with van der Waals surface area (Å²) < 4.78 is 0. The van der Waals surface area contributed by atoms with E-state index in [1.165, 1.54) is 11.3 Å². The molecule has 4 nitrogen and oxygen atoms in total. The molecule has 0 bridgehead atoms. The van der Waals surface area contributed by atoms with Crippen LogP contribution in [0.1, 0.15) is 0 Å². The lowest BCUT2D eigenvalue weighted by Crippen LogP contribution is -2.28. The zero-order valence-corrected chi connectivity index (χ0v) is 7.23. The minimum absolute atomic E-state index is 0.259. The summed E-state index contributed by atoms with van der Waals surface area (Å²) in [4.78, 5) is 14.9. The fraction of sp³-hybridized carbons (Fsp3) is 0.143. The largest absolute Gasteiger partial charge is 0.334 e. The smallest absolute Gasteiger partial charge is 0.321 e. The molecule has 0 unspecified atom stereocenters. The Hall–Kier alpha value is -1.36. The van der Waals surface area contributed by atoms with Crippen LogP contribution in [-0.2, 0) is 0 Å². The molecule has 1 rings (SSSR count). The van der Waals surface area contributed by atoms with Crippen LogP contribution >= 0.6 is 11.3 Å². The highest BCUT2D eigenvalue weighted by Gasteiger charge is 1.99. The number of hydrogen-bond donors (Lipinski definition) is 2. The molecule has 0 aliphatic carbocycles. The van der Waals surface area contributed by atoms with Crippen LogP contribution in [0.2, 0.25) is 0 Å². The van der Waals surface area contributed by atoms with E-state index in [1.54, 1.807) is 17.7 Å². The van der Waals surface area contributed by atoms with Crippen LogP contribution in [0.25, 0.3) is 0 Å². The summed E-state index contributed by atoms with van der Waals surface area (Å²) in [6.45, 7) is 3.93. The molecule has 2 N–H and O–H groups in total. The highest BCUT2D eigenvalue weighted by atomic mass is 32.1. The van der Waals surface area contributed by atoms with Gasteiger partial charge in [0.1, 0.15) is 0 Å². The molecule has 0 radical (unpaired) electrons. The zero-order chi connectivity index (χ0) is 8.81. The van der Waals surface area contributed by atoms with Gasteiger partial charge in [-0.15, -0.1) is 17.9 Å². The van der Waals surface area contributed by atoms with Gasteiger partial charge in [0, 0.05) is 18.1 Å². The predicted molar refractivity (Wildman–Crippen MR) is 49.3 cm³/mol. The Morgan fingerprint density at radius 3 is 3.25 bits per heavy atom. The second-order valence-corrected chi connectivity index (χ2v) is 2.86. The standard InChI is InChI=1S/C7H9N3OS/c1-2-3-8-6(11)10-7-9-4-5-12-7/h2,4-5H,1,3H2,(H2,8,9,10,11). The van der Waals surface area contributed by atoms with Crippen molar-refractivity contribution in [1.82, 2.24) is 10.3 Å². The normalized spacial score (nSPS) is 9.00. The first kappa shape index (κ1) is 8.73. The number of anilines is 1. The van der Waals surface area contributed by atoms with Gasteiger partial charge in [-0.3, -0.25) is 5.32 Å². The predicted octanol–water partition coefficient (Wildman–Crippen LogP) is 1.45. The van der Waals surface area contributed by atoms with E-state index in [2.05, 4.69) is 22.2 Å². The van der Waals surface area contributed by atoms with Crippen LogP contribution in [0.5, 0.6) is 0 Å². The van der Waals surface area contributed by atoms with Gasteiger partial charge in [0.2, 0.25) is 0 Å². The minimum atomic E-state index is -0.259. The maximum Gasteiger partial charge on any atom is 0.321 e. The van der Waals surface area contributed by atoms with Crippen LogP contribution < -0.4 is 10.6 Å². The topological polar surface area (TPSA) is 54.0 Å². The lowest BCUT2D eigenvalue weighted by molar-refractivity contribution is 0.253. The van der Waals surface area contributed by atoms with Crippen molar-refractivity contribution in [2.45, 2.75) is 0 Å². The fourth-order valence-electron chi connectivity index (χ4n) is 0.591. The van der Waals surface area contributed by atoms with Crippen LogP contribution in [0, 0.1) is 0 Å². The van der Waals surface area contributed by atoms with E-state index < -0.39 is 0 Å². The van der Waals surface area contributed by atoms with Crippen molar-refractivity contribution >= 4 is 22.5 Å². The quantitative estimate of drug-likeness (QED) is 0.697. The molecule has 0 aromatic carbocycles. The molecule has 5 heteroatoms. The number of nitrogens with one attached hydrogen (secondary N) is 2. The van der Waals surface area contributed by atoms with Crippen molar-refractivity contribution in [1.29, 1.82) is 0 Å². The summed E-state index contributed by atoms with van der Waals surface area (Å²) in [5.41, 5.74) is 0. The second kappa shape index (κ2) is 4.50. The average molecular weight is 183 g/mol. The Bertz CT molecular complexity index is 258. The number of thiazole rings is 1. The number of aromatic nitrogens is 1. The van der Waals surface area contributed by atoms with E-state index in [0.29, 0.717) is 11.7 Å². The van der Waals surface area contributed by atoms with Crippen molar-refractivity contribution in [3.05, 3.63) is 24.2 Å². The molecule has 0 aliphatic heterocycles. The van der Waals surface area contributed by atoms with Crippen molar-refractivity contribution < 1.29 is 4.79 Å². The summed E-state index contributed by atoms with van der Waals surface area (Å²) >= 11 is 1.38. The molecule has 0 saturated carbocycles.